The first-order chi connectivity index (χ1) is 7.44. The van der Waals surface area contributed by atoms with Crippen LogP contribution in [-0.2, 0) is 4.74 Å². The number of carbonyl (C=O) groups is 1. The lowest BCUT2D eigenvalue weighted by Crippen LogP contribution is -2.39. The van der Waals surface area contributed by atoms with Crippen molar-refractivity contribution in [3.8, 4) is 0 Å². The van der Waals surface area contributed by atoms with Gasteiger partial charge in [-0.1, -0.05) is 24.3 Å². The van der Waals surface area contributed by atoms with E-state index in [2.05, 4.69) is 0 Å². The fourth-order valence-electron chi connectivity index (χ4n) is 1.42. The van der Waals surface area contributed by atoms with Gasteiger partial charge in [0.2, 0.25) is 0 Å². The number of aliphatic hydroxyl groups excluding tert-OH is 1. The first kappa shape index (κ1) is 12.8. The summed E-state index contributed by atoms with van der Waals surface area (Å²) in [5, 5.41) is 8.69. The second-order valence-electron chi connectivity index (χ2n) is 4.66. The van der Waals surface area contributed by atoms with Gasteiger partial charge in [0.15, 0.2) is 0 Å². The smallest absolute Gasteiger partial charge is 0.411 e. The highest BCUT2D eigenvalue weighted by Crippen LogP contribution is 2.16. The maximum Gasteiger partial charge on any atom is 0.411 e. The molecule has 0 radical (unpaired) electrons. The number of amides is 1. The van der Waals surface area contributed by atoms with Crippen LogP contribution in [0.2, 0.25) is 0 Å². The summed E-state index contributed by atoms with van der Waals surface area (Å²) < 4.78 is 5.28. The molecular weight excluding hydrogens is 206 g/mol. The van der Waals surface area contributed by atoms with Crippen molar-refractivity contribution in [2.75, 3.05) is 13.2 Å². The molecule has 16 heavy (non-hydrogen) atoms. The first-order valence-electron chi connectivity index (χ1n) is 5.38. The van der Waals surface area contributed by atoms with Crippen LogP contribution in [0.15, 0.2) is 24.3 Å². The minimum Gasteiger partial charge on any atom is -0.444 e. The molecule has 90 valence electrons. The van der Waals surface area contributed by atoms with Gasteiger partial charge in [0, 0.05) is 6.54 Å². The zero-order chi connectivity index (χ0) is 12.2. The lowest BCUT2D eigenvalue weighted by Gasteiger charge is -2.27. The minimum absolute atomic E-state index is 0.0213. The van der Waals surface area contributed by atoms with Crippen molar-refractivity contribution in [1.29, 1.82) is 0 Å². The van der Waals surface area contributed by atoms with Crippen LogP contribution in [0.25, 0.3) is 0 Å². The Hall–Kier alpha value is -1.29. The van der Waals surface area contributed by atoms with E-state index in [0.29, 0.717) is 6.54 Å². The molecule has 0 unspecified atom stereocenters. The Morgan fingerprint density at radius 1 is 1.62 bits per heavy atom. The molecule has 0 spiro atoms. The molecule has 0 saturated carbocycles. The van der Waals surface area contributed by atoms with Gasteiger partial charge < -0.3 is 9.84 Å². The molecule has 0 saturated heterocycles. The van der Waals surface area contributed by atoms with Gasteiger partial charge in [0.05, 0.1) is 12.6 Å². The Kier molecular flexibility index (Phi) is 4.12. The molecule has 0 aromatic carbocycles. The van der Waals surface area contributed by atoms with Gasteiger partial charge in [-0.3, -0.25) is 4.90 Å². The number of ether oxygens (including phenoxy) is 1. The van der Waals surface area contributed by atoms with Crippen molar-refractivity contribution in [2.45, 2.75) is 32.4 Å². The van der Waals surface area contributed by atoms with Crippen LogP contribution in [0.4, 0.5) is 4.79 Å². The van der Waals surface area contributed by atoms with Crippen molar-refractivity contribution in [3.05, 3.63) is 24.3 Å². The van der Waals surface area contributed by atoms with Crippen LogP contribution in [0, 0.1) is 0 Å². The molecule has 4 nitrogen and oxygen atoms in total. The number of aliphatic hydroxyl groups is 1. The highest BCUT2D eigenvalue weighted by atomic mass is 16.6. The fourth-order valence-corrected chi connectivity index (χ4v) is 1.42. The summed E-state index contributed by atoms with van der Waals surface area (Å²) in [5.74, 6) is 0. The second kappa shape index (κ2) is 5.16. The number of nitrogens with zero attached hydrogens (tertiary/aromatic N) is 1. The van der Waals surface area contributed by atoms with E-state index < -0.39 is 5.60 Å². The average molecular weight is 225 g/mol. The predicted octanol–water partition coefficient (Wildman–Crippen LogP) is 1.71. The van der Waals surface area contributed by atoms with Gasteiger partial charge in [0.25, 0.3) is 0 Å². The van der Waals surface area contributed by atoms with E-state index in [0.717, 1.165) is 0 Å². The SMILES string of the molecule is CC(C)(C)OC(=O)N1CC=C[C@H]1/C=C\CO. The summed E-state index contributed by atoms with van der Waals surface area (Å²) in [6.45, 7) is 6.05. The summed E-state index contributed by atoms with van der Waals surface area (Å²) >= 11 is 0. The van der Waals surface area contributed by atoms with E-state index in [1.54, 1.807) is 17.1 Å². The molecule has 0 aromatic heterocycles. The van der Waals surface area contributed by atoms with E-state index in [4.69, 9.17) is 9.84 Å². The number of rotatable bonds is 2. The molecule has 1 aliphatic rings. The third kappa shape index (κ3) is 3.70. The fraction of sp³-hybridized carbons (Fsp3) is 0.583. The van der Waals surface area contributed by atoms with Crippen molar-refractivity contribution in [1.82, 2.24) is 4.90 Å². The highest BCUT2D eigenvalue weighted by Gasteiger charge is 2.27. The van der Waals surface area contributed by atoms with Crippen LogP contribution in [0.5, 0.6) is 0 Å². The van der Waals surface area contributed by atoms with Gasteiger partial charge in [-0.05, 0) is 20.8 Å². The third-order valence-corrected chi connectivity index (χ3v) is 2.06. The molecule has 1 atom stereocenters. The molecule has 0 aliphatic carbocycles. The average Bonchev–Trinajstić information content (AvgIpc) is 2.59. The van der Waals surface area contributed by atoms with E-state index in [1.165, 1.54) is 0 Å². The van der Waals surface area contributed by atoms with Gasteiger partial charge in [-0.2, -0.15) is 0 Å². The zero-order valence-corrected chi connectivity index (χ0v) is 10.0. The largest absolute Gasteiger partial charge is 0.444 e. The molecule has 0 fully saturated rings. The van der Waals surface area contributed by atoms with E-state index in [1.807, 2.05) is 32.9 Å². The van der Waals surface area contributed by atoms with Crippen molar-refractivity contribution in [2.24, 2.45) is 0 Å². The maximum atomic E-state index is 11.8. The van der Waals surface area contributed by atoms with Crippen molar-refractivity contribution >= 4 is 6.09 Å². The Balaban J connectivity index is 2.59. The Morgan fingerprint density at radius 3 is 2.88 bits per heavy atom. The van der Waals surface area contributed by atoms with Crippen LogP contribution < -0.4 is 0 Å². The van der Waals surface area contributed by atoms with E-state index >= 15 is 0 Å². The van der Waals surface area contributed by atoms with Gasteiger partial charge in [-0.15, -0.1) is 0 Å². The topological polar surface area (TPSA) is 49.8 Å². The van der Waals surface area contributed by atoms with Crippen LogP contribution in [0.3, 0.4) is 0 Å². The number of hydrogen-bond donors (Lipinski definition) is 1. The number of hydrogen-bond acceptors (Lipinski definition) is 3. The Bertz CT molecular complexity index is 302. The highest BCUT2D eigenvalue weighted by molar-refractivity contribution is 5.70. The Morgan fingerprint density at radius 2 is 2.31 bits per heavy atom. The molecular formula is C12H19NO3. The standard InChI is InChI=1S/C12H19NO3/c1-12(2,3)16-11(15)13-8-4-6-10(13)7-5-9-14/h4-7,10,14H,8-9H2,1-3H3/b7-5-/t10-/m0/s1. The summed E-state index contributed by atoms with van der Waals surface area (Å²) in [6.07, 6.45) is 6.91. The van der Waals surface area contributed by atoms with Crippen molar-refractivity contribution in [3.63, 3.8) is 0 Å². The zero-order valence-electron chi connectivity index (χ0n) is 10.0. The lowest BCUT2D eigenvalue weighted by molar-refractivity contribution is 0.0268. The maximum absolute atomic E-state index is 11.8. The summed E-state index contributed by atoms with van der Waals surface area (Å²) in [6, 6.07) is -0.109. The predicted molar refractivity (Wildman–Crippen MR) is 62.1 cm³/mol. The van der Waals surface area contributed by atoms with E-state index in [9.17, 15) is 4.79 Å². The molecule has 0 bridgehead atoms. The summed E-state index contributed by atoms with van der Waals surface area (Å²) in [7, 11) is 0. The van der Waals surface area contributed by atoms with Gasteiger partial charge in [-0.25, -0.2) is 4.79 Å². The molecule has 1 amide bonds. The molecule has 1 N–H and O–H groups in total. The molecule has 1 heterocycles. The molecule has 1 rings (SSSR count). The van der Waals surface area contributed by atoms with Crippen LogP contribution in [0.1, 0.15) is 20.8 Å². The monoisotopic (exact) mass is 225 g/mol. The molecule has 0 aromatic rings. The quantitative estimate of drug-likeness (QED) is 0.728. The van der Waals surface area contributed by atoms with Crippen molar-refractivity contribution < 1.29 is 14.6 Å². The molecule has 4 heteroatoms. The number of carbonyl (C=O) groups excluding carboxylic acids is 1. The first-order valence-corrected chi connectivity index (χ1v) is 5.38. The van der Waals surface area contributed by atoms with Gasteiger partial charge >= 0.3 is 6.09 Å². The van der Waals surface area contributed by atoms with E-state index in [-0.39, 0.29) is 18.7 Å². The third-order valence-electron chi connectivity index (χ3n) is 2.06. The summed E-state index contributed by atoms with van der Waals surface area (Å²) in [5.41, 5.74) is -0.481. The molecule has 1 aliphatic heterocycles. The normalized spacial score (nSPS) is 20.8. The van der Waals surface area contributed by atoms with Crippen LogP contribution in [-0.4, -0.2) is 40.9 Å². The van der Waals surface area contributed by atoms with Gasteiger partial charge in [0.1, 0.15) is 5.60 Å². The Labute approximate surface area is 96.2 Å². The second-order valence-corrected chi connectivity index (χ2v) is 4.66. The lowest BCUT2D eigenvalue weighted by atomic mass is 10.2. The van der Waals surface area contributed by atoms with Crippen LogP contribution >= 0.6 is 0 Å². The minimum atomic E-state index is -0.481. The summed E-state index contributed by atoms with van der Waals surface area (Å²) in [4.78, 5) is 13.4.